The second-order valence-corrected chi connectivity index (χ2v) is 8.10. The van der Waals surface area contributed by atoms with Crippen molar-refractivity contribution in [2.45, 2.75) is 6.92 Å². The molecule has 176 valence electrons. The van der Waals surface area contributed by atoms with Crippen molar-refractivity contribution in [3.63, 3.8) is 0 Å². The molecule has 2 aromatic carbocycles. The Labute approximate surface area is 209 Å². The van der Waals surface area contributed by atoms with Gasteiger partial charge in [-0.2, -0.15) is 0 Å². The molecular weight excluding hydrogens is 460 g/mol. The molecule has 0 amide bonds. The zero-order valence-electron chi connectivity index (χ0n) is 19.4. The molecule has 35 heavy (non-hydrogen) atoms. The van der Waals surface area contributed by atoms with Crippen LogP contribution in [0.5, 0.6) is 5.75 Å². The highest BCUT2D eigenvalue weighted by molar-refractivity contribution is 6.33. The van der Waals surface area contributed by atoms with Gasteiger partial charge in [-0.25, -0.2) is 9.98 Å². The number of pyridine rings is 1. The molecule has 2 aromatic heterocycles. The van der Waals surface area contributed by atoms with Gasteiger partial charge in [-0.15, -0.1) is 0 Å². The molecule has 0 radical (unpaired) electrons. The van der Waals surface area contributed by atoms with Gasteiger partial charge in [-0.3, -0.25) is 4.98 Å². The molecule has 0 aliphatic heterocycles. The maximum absolute atomic E-state index is 6.11. The Morgan fingerprint density at radius 2 is 1.86 bits per heavy atom. The molecule has 0 fully saturated rings. The predicted octanol–water partition coefficient (Wildman–Crippen LogP) is 5.61. The van der Waals surface area contributed by atoms with Crippen molar-refractivity contribution in [1.82, 2.24) is 14.5 Å². The molecule has 4 rings (SSSR count). The van der Waals surface area contributed by atoms with Crippen molar-refractivity contribution in [2.24, 2.45) is 10.7 Å². The molecule has 2 heterocycles. The van der Waals surface area contributed by atoms with Crippen molar-refractivity contribution >= 4 is 28.6 Å². The monoisotopic (exact) mass is 484 g/mol. The molecule has 0 bridgehead atoms. The standard InChI is InChI=1S/C27H25ClN6O/c1-18-16-34(17-31-18)25-9-8-23(14-26(25)35-3)32-19(2)33-27(21-4-6-22(28)7-5-21)24(15-29)20-10-12-30-13-11-20/h4-17,32H,2,29H2,1,3H3/b24-15-,33-27?. The number of imidazole rings is 1. The van der Waals surface area contributed by atoms with Gasteiger partial charge in [0, 0.05) is 52.7 Å². The number of nitrogens with two attached hydrogens (primary N) is 1. The summed E-state index contributed by atoms with van der Waals surface area (Å²) in [6, 6.07) is 16.9. The third kappa shape index (κ3) is 5.59. The zero-order valence-corrected chi connectivity index (χ0v) is 20.2. The molecule has 4 aromatic rings. The highest BCUT2D eigenvalue weighted by Crippen LogP contribution is 2.28. The number of anilines is 1. The smallest absolute Gasteiger partial charge is 0.144 e. The van der Waals surface area contributed by atoms with Gasteiger partial charge in [-0.05, 0) is 48.9 Å². The summed E-state index contributed by atoms with van der Waals surface area (Å²) in [6.07, 6.45) is 8.64. The highest BCUT2D eigenvalue weighted by atomic mass is 35.5. The van der Waals surface area contributed by atoms with E-state index in [0.29, 0.717) is 22.3 Å². The molecule has 0 saturated carbocycles. The lowest BCUT2D eigenvalue weighted by molar-refractivity contribution is 0.413. The fourth-order valence-electron chi connectivity index (χ4n) is 3.58. The summed E-state index contributed by atoms with van der Waals surface area (Å²) in [7, 11) is 1.63. The van der Waals surface area contributed by atoms with E-state index in [-0.39, 0.29) is 0 Å². The summed E-state index contributed by atoms with van der Waals surface area (Å²) in [5, 5.41) is 3.88. The number of aromatic nitrogens is 3. The fraction of sp³-hybridized carbons (Fsp3) is 0.0741. The second-order valence-electron chi connectivity index (χ2n) is 7.66. The number of allylic oxidation sites excluding steroid dienone is 1. The van der Waals surface area contributed by atoms with Crippen LogP contribution in [0.25, 0.3) is 11.3 Å². The van der Waals surface area contributed by atoms with Crippen LogP contribution >= 0.6 is 11.6 Å². The van der Waals surface area contributed by atoms with Crippen LogP contribution in [0.2, 0.25) is 5.02 Å². The number of aliphatic imine (C=N–C) groups is 1. The van der Waals surface area contributed by atoms with E-state index in [1.54, 1.807) is 25.8 Å². The third-order valence-electron chi connectivity index (χ3n) is 5.24. The third-order valence-corrected chi connectivity index (χ3v) is 5.49. The largest absolute Gasteiger partial charge is 0.494 e. The average molecular weight is 485 g/mol. The molecule has 0 spiro atoms. The number of hydrogen-bond acceptors (Lipinski definition) is 6. The molecule has 7 nitrogen and oxygen atoms in total. The average Bonchev–Trinajstić information content (AvgIpc) is 3.31. The van der Waals surface area contributed by atoms with E-state index in [1.807, 2.05) is 72.3 Å². The number of hydrogen-bond donors (Lipinski definition) is 2. The molecule has 3 N–H and O–H groups in total. The van der Waals surface area contributed by atoms with Crippen molar-refractivity contribution in [2.75, 3.05) is 12.4 Å². The molecule has 0 unspecified atom stereocenters. The van der Waals surface area contributed by atoms with Crippen molar-refractivity contribution in [3.8, 4) is 11.4 Å². The maximum atomic E-state index is 6.11. The maximum Gasteiger partial charge on any atom is 0.144 e. The predicted molar refractivity (Wildman–Crippen MR) is 142 cm³/mol. The van der Waals surface area contributed by atoms with Crippen LogP contribution in [0.1, 0.15) is 16.8 Å². The van der Waals surface area contributed by atoms with Crippen molar-refractivity contribution < 1.29 is 4.74 Å². The second kappa shape index (κ2) is 10.7. The van der Waals surface area contributed by atoms with E-state index in [2.05, 4.69) is 21.9 Å². The molecular formula is C27H25ClN6O. The number of nitrogens with one attached hydrogen (secondary N) is 1. The van der Waals surface area contributed by atoms with E-state index in [0.717, 1.165) is 33.8 Å². The molecule has 0 aliphatic rings. The minimum absolute atomic E-state index is 0.427. The quantitative estimate of drug-likeness (QED) is 0.317. The number of halogens is 1. The molecule has 0 saturated heterocycles. The van der Waals surface area contributed by atoms with E-state index in [9.17, 15) is 0 Å². The van der Waals surface area contributed by atoms with E-state index < -0.39 is 0 Å². The Kier molecular flexibility index (Phi) is 7.28. The molecule has 0 atom stereocenters. The Morgan fingerprint density at radius 1 is 1.11 bits per heavy atom. The minimum Gasteiger partial charge on any atom is -0.494 e. The number of benzene rings is 2. The van der Waals surface area contributed by atoms with E-state index >= 15 is 0 Å². The first-order chi connectivity index (χ1) is 17.0. The van der Waals surface area contributed by atoms with Crippen LogP contribution in [0.3, 0.4) is 0 Å². The van der Waals surface area contributed by atoms with Gasteiger partial charge < -0.3 is 20.4 Å². The van der Waals surface area contributed by atoms with Crippen molar-refractivity contribution in [3.05, 3.63) is 120 Å². The summed E-state index contributed by atoms with van der Waals surface area (Å²) in [5.74, 6) is 1.11. The summed E-state index contributed by atoms with van der Waals surface area (Å²) < 4.78 is 7.52. The van der Waals surface area contributed by atoms with Crippen LogP contribution in [0.15, 0.2) is 103 Å². The van der Waals surface area contributed by atoms with Crippen LogP contribution in [-0.4, -0.2) is 27.4 Å². The Balaban J connectivity index is 1.67. The first-order valence-corrected chi connectivity index (χ1v) is 11.2. The number of ether oxygens (including phenoxy) is 1. The van der Waals surface area contributed by atoms with Gasteiger partial charge in [0.25, 0.3) is 0 Å². The van der Waals surface area contributed by atoms with Gasteiger partial charge in [0.05, 0.1) is 30.5 Å². The minimum atomic E-state index is 0.427. The number of aryl methyl sites for hydroxylation is 1. The van der Waals surface area contributed by atoms with E-state index in [4.69, 9.17) is 27.1 Å². The Hall–Kier alpha value is -4.36. The summed E-state index contributed by atoms with van der Waals surface area (Å²) in [6.45, 7) is 6.06. The number of nitrogens with zero attached hydrogens (tertiary/aromatic N) is 4. The van der Waals surface area contributed by atoms with Crippen LogP contribution < -0.4 is 15.8 Å². The molecule has 0 aliphatic carbocycles. The summed E-state index contributed by atoms with van der Waals surface area (Å²) in [5.41, 5.74) is 11.7. The lowest BCUT2D eigenvalue weighted by Gasteiger charge is -2.15. The highest BCUT2D eigenvalue weighted by Gasteiger charge is 2.14. The van der Waals surface area contributed by atoms with Gasteiger partial charge in [0.2, 0.25) is 0 Å². The number of rotatable bonds is 8. The van der Waals surface area contributed by atoms with Gasteiger partial charge >= 0.3 is 0 Å². The number of methoxy groups -OCH3 is 1. The summed E-state index contributed by atoms with van der Waals surface area (Å²) in [4.78, 5) is 13.2. The van der Waals surface area contributed by atoms with Crippen molar-refractivity contribution in [1.29, 1.82) is 0 Å². The Bertz CT molecular complexity index is 1390. The Morgan fingerprint density at radius 3 is 2.49 bits per heavy atom. The first kappa shape index (κ1) is 23.8. The summed E-state index contributed by atoms with van der Waals surface area (Å²) >= 11 is 6.11. The van der Waals surface area contributed by atoms with E-state index in [1.165, 1.54) is 6.20 Å². The van der Waals surface area contributed by atoms with Crippen LogP contribution in [-0.2, 0) is 0 Å². The lowest BCUT2D eigenvalue weighted by Crippen LogP contribution is -2.09. The van der Waals surface area contributed by atoms with Crippen LogP contribution in [0, 0.1) is 6.92 Å². The van der Waals surface area contributed by atoms with Gasteiger partial charge in [0.15, 0.2) is 0 Å². The SMILES string of the molecule is C=C(N=C(/C(=C\N)c1ccncc1)c1ccc(Cl)cc1)Nc1ccc(-n2cnc(C)c2)c(OC)c1. The van der Waals surface area contributed by atoms with Crippen LogP contribution in [0.4, 0.5) is 5.69 Å². The fourth-order valence-corrected chi connectivity index (χ4v) is 3.71. The zero-order chi connectivity index (χ0) is 24.8. The van der Waals surface area contributed by atoms with Gasteiger partial charge in [-0.1, -0.05) is 30.3 Å². The topological polar surface area (TPSA) is 90.3 Å². The lowest BCUT2D eigenvalue weighted by atomic mass is 9.97. The van der Waals surface area contributed by atoms with Gasteiger partial charge in [0.1, 0.15) is 11.6 Å². The normalized spacial score (nSPS) is 11.9. The molecule has 8 heteroatoms. The first-order valence-electron chi connectivity index (χ1n) is 10.8.